The fourth-order valence-corrected chi connectivity index (χ4v) is 4.47. The van der Waals surface area contributed by atoms with Crippen molar-refractivity contribution in [2.24, 2.45) is 10.9 Å². The molecule has 1 fully saturated rings. The summed E-state index contributed by atoms with van der Waals surface area (Å²) in [6.07, 6.45) is 4.15. The van der Waals surface area contributed by atoms with E-state index in [1.165, 1.54) is 11.3 Å². The van der Waals surface area contributed by atoms with Crippen LogP contribution in [0.4, 0.5) is 9.80 Å². The summed E-state index contributed by atoms with van der Waals surface area (Å²) >= 11 is 1.34. The van der Waals surface area contributed by atoms with Gasteiger partial charge in [0.05, 0.1) is 12.4 Å². The number of nitrogens with one attached hydrogen (secondary N) is 1. The zero-order chi connectivity index (χ0) is 21.2. The largest absolute Gasteiger partial charge is 0.444 e. The van der Waals surface area contributed by atoms with Crippen molar-refractivity contribution >= 4 is 34.7 Å². The average Bonchev–Trinajstić information content (AvgIpc) is 3.09. The molecule has 1 N–H and O–H groups in total. The maximum Gasteiger partial charge on any atom is 0.410 e. The van der Waals surface area contributed by atoms with E-state index in [2.05, 4.69) is 22.2 Å². The normalized spacial score (nSPS) is 19.8. The molecule has 1 aromatic heterocycles. The van der Waals surface area contributed by atoms with Crippen molar-refractivity contribution < 1.29 is 14.3 Å². The molecule has 160 valence electrons. The zero-order valence-electron chi connectivity index (χ0n) is 17.9. The van der Waals surface area contributed by atoms with E-state index in [9.17, 15) is 9.59 Å². The Morgan fingerprint density at radius 3 is 2.62 bits per heavy atom. The van der Waals surface area contributed by atoms with Gasteiger partial charge in [-0.2, -0.15) is 0 Å². The fraction of sp³-hybridized carbons (Fsp3) is 0.700. The number of nitrogens with zero attached hydrogens (tertiary/aromatic N) is 4. The molecule has 2 aliphatic rings. The van der Waals surface area contributed by atoms with Crippen LogP contribution >= 0.6 is 11.3 Å². The lowest BCUT2D eigenvalue weighted by atomic mass is 9.97. The maximum atomic E-state index is 12.6. The van der Waals surface area contributed by atoms with Crippen LogP contribution in [-0.2, 0) is 4.74 Å². The lowest BCUT2D eigenvalue weighted by Crippen LogP contribution is -2.43. The predicted molar refractivity (Wildman–Crippen MR) is 114 cm³/mol. The van der Waals surface area contributed by atoms with Gasteiger partial charge in [-0.1, -0.05) is 18.3 Å². The quantitative estimate of drug-likeness (QED) is 0.803. The van der Waals surface area contributed by atoms with E-state index in [0.717, 1.165) is 30.0 Å². The third-order valence-corrected chi connectivity index (χ3v) is 6.18. The van der Waals surface area contributed by atoms with Gasteiger partial charge in [-0.25, -0.2) is 14.8 Å². The van der Waals surface area contributed by atoms with Crippen LogP contribution < -0.4 is 5.32 Å². The van der Waals surface area contributed by atoms with Gasteiger partial charge in [0.15, 0.2) is 5.01 Å². The predicted octanol–water partition coefficient (Wildman–Crippen LogP) is 3.58. The van der Waals surface area contributed by atoms with Gasteiger partial charge >= 0.3 is 6.09 Å². The molecule has 0 aliphatic carbocycles. The molecular formula is C20H31N5O3S. The molecule has 1 atom stereocenters. The average molecular weight is 422 g/mol. The number of fused-ring (bicyclic) bond motifs is 1. The number of rotatable bonds is 4. The van der Waals surface area contributed by atoms with Gasteiger partial charge in [0.25, 0.3) is 5.91 Å². The molecule has 3 heterocycles. The minimum atomic E-state index is -0.482. The van der Waals surface area contributed by atoms with Crippen LogP contribution in [-0.4, -0.2) is 65.4 Å². The van der Waals surface area contributed by atoms with Gasteiger partial charge in [-0.3, -0.25) is 4.79 Å². The molecule has 8 nitrogen and oxygen atoms in total. The van der Waals surface area contributed by atoms with Crippen molar-refractivity contribution in [1.29, 1.82) is 0 Å². The number of ether oxygens (including phenoxy) is 1. The maximum absolute atomic E-state index is 12.6. The van der Waals surface area contributed by atoms with Gasteiger partial charge in [0.1, 0.15) is 16.3 Å². The summed E-state index contributed by atoms with van der Waals surface area (Å²) in [5.74, 6) is 0.200. The van der Waals surface area contributed by atoms with Crippen LogP contribution in [0.25, 0.3) is 0 Å². The highest BCUT2D eigenvalue weighted by Crippen LogP contribution is 2.38. The second kappa shape index (κ2) is 8.69. The van der Waals surface area contributed by atoms with E-state index < -0.39 is 5.60 Å². The van der Waals surface area contributed by atoms with Crippen LogP contribution in [0, 0.1) is 5.92 Å². The van der Waals surface area contributed by atoms with Gasteiger partial charge in [-0.05, 0) is 46.0 Å². The molecule has 29 heavy (non-hydrogen) atoms. The number of amides is 2. The first-order valence-corrected chi connectivity index (χ1v) is 11.0. The molecule has 0 radical (unpaired) electrons. The number of aliphatic imine (C=N–C) groups is 1. The minimum absolute atomic E-state index is 0.147. The number of hydrogen-bond acceptors (Lipinski definition) is 7. The number of thiazole rings is 1. The third kappa shape index (κ3) is 5.26. The SMILES string of the molecule is CCC1c2nc(C(=O)NCC3CCN(C(=O)OC(C)(C)C)CC3)sc2N=CN1C. The van der Waals surface area contributed by atoms with Crippen LogP contribution in [0.15, 0.2) is 4.99 Å². The molecule has 0 aromatic carbocycles. The Bertz CT molecular complexity index is 778. The summed E-state index contributed by atoms with van der Waals surface area (Å²) in [5, 5.41) is 4.30. The Morgan fingerprint density at radius 1 is 1.31 bits per heavy atom. The molecule has 1 aromatic rings. The molecule has 2 aliphatic heterocycles. The highest BCUT2D eigenvalue weighted by atomic mass is 32.1. The molecule has 3 rings (SSSR count). The first-order chi connectivity index (χ1) is 13.7. The molecule has 1 unspecified atom stereocenters. The Kier molecular flexibility index (Phi) is 6.45. The number of carbonyl (C=O) groups is 2. The second-order valence-corrected chi connectivity index (χ2v) is 9.64. The molecule has 2 amide bonds. The van der Waals surface area contributed by atoms with Crippen molar-refractivity contribution in [3.8, 4) is 0 Å². The third-order valence-electron chi connectivity index (χ3n) is 5.20. The Labute approximate surface area is 176 Å². The summed E-state index contributed by atoms with van der Waals surface area (Å²) < 4.78 is 5.43. The van der Waals surface area contributed by atoms with Gasteiger partial charge in [0, 0.05) is 26.7 Å². The van der Waals surface area contributed by atoms with Crippen LogP contribution in [0.5, 0.6) is 0 Å². The van der Waals surface area contributed by atoms with Crippen LogP contribution in [0.3, 0.4) is 0 Å². The van der Waals surface area contributed by atoms with Gasteiger partial charge < -0.3 is 19.9 Å². The summed E-state index contributed by atoms with van der Waals surface area (Å²) in [5.41, 5.74) is 0.406. The Balaban J connectivity index is 1.49. The van der Waals surface area contributed by atoms with E-state index >= 15 is 0 Å². The second-order valence-electron chi connectivity index (χ2n) is 8.66. The van der Waals surface area contributed by atoms with Crippen molar-refractivity contribution in [2.75, 3.05) is 26.7 Å². The number of likely N-dealkylation sites (tertiary alicyclic amines) is 1. The number of aromatic nitrogens is 1. The van der Waals surface area contributed by atoms with Crippen LogP contribution in [0.2, 0.25) is 0 Å². The number of hydrogen-bond donors (Lipinski definition) is 1. The molecule has 0 saturated carbocycles. The highest BCUT2D eigenvalue weighted by Gasteiger charge is 2.29. The molecular weight excluding hydrogens is 390 g/mol. The van der Waals surface area contributed by atoms with E-state index in [1.807, 2.05) is 32.7 Å². The minimum Gasteiger partial charge on any atom is -0.444 e. The van der Waals surface area contributed by atoms with Crippen molar-refractivity contribution in [1.82, 2.24) is 20.1 Å². The van der Waals surface area contributed by atoms with Crippen molar-refractivity contribution in [3.05, 3.63) is 10.7 Å². The van der Waals surface area contributed by atoms with E-state index in [4.69, 9.17) is 4.74 Å². The lowest BCUT2D eigenvalue weighted by molar-refractivity contribution is 0.0183. The first kappa shape index (κ1) is 21.5. The molecule has 0 bridgehead atoms. The molecule has 0 spiro atoms. The Morgan fingerprint density at radius 2 is 2.00 bits per heavy atom. The van der Waals surface area contributed by atoms with Crippen molar-refractivity contribution in [2.45, 2.75) is 58.6 Å². The van der Waals surface area contributed by atoms with Crippen molar-refractivity contribution in [3.63, 3.8) is 0 Å². The summed E-state index contributed by atoms with van der Waals surface area (Å²) in [7, 11) is 1.98. The fourth-order valence-electron chi connectivity index (χ4n) is 3.59. The zero-order valence-corrected chi connectivity index (χ0v) is 18.7. The molecule has 1 saturated heterocycles. The Hall–Kier alpha value is -2.16. The van der Waals surface area contributed by atoms with E-state index in [-0.39, 0.29) is 18.0 Å². The first-order valence-electron chi connectivity index (χ1n) is 10.2. The lowest BCUT2D eigenvalue weighted by Gasteiger charge is -2.33. The topological polar surface area (TPSA) is 87.1 Å². The van der Waals surface area contributed by atoms with Crippen LogP contribution in [0.1, 0.15) is 68.5 Å². The monoisotopic (exact) mass is 421 g/mol. The molecule has 9 heteroatoms. The van der Waals surface area contributed by atoms with Gasteiger partial charge in [0.2, 0.25) is 0 Å². The smallest absolute Gasteiger partial charge is 0.410 e. The highest BCUT2D eigenvalue weighted by molar-refractivity contribution is 7.17. The van der Waals surface area contributed by atoms with Gasteiger partial charge in [-0.15, -0.1) is 0 Å². The summed E-state index contributed by atoms with van der Waals surface area (Å²) in [6.45, 7) is 9.61. The number of piperidine rings is 1. The number of carbonyl (C=O) groups excluding carboxylic acids is 2. The van der Waals surface area contributed by atoms with E-state index in [0.29, 0.717) is 30.6 Å². The standard InChI is InChI=1S/C20H31N5O3S/c1-6-14-15-17(22-12-24(14)5)29-18(23-15)16(26)21-11-13-7-9-25(10-8-13)19(27)28-20(2,3)4/h12-14H,6-11H2,1-5H3,(H,21,26). The summed E-state index contributed by atoms with van der Waals surface area (Å²) in [4.78, 5) is 37.5. The van der Waals surface area contributed by atoms with E-state index in [1.54, 1.807) is 11.2 Å². The summed E-state index contributed by atoms with van der Waals surface area (Å²) in [6, 6.07) is 0.164.